The molecule has 0 aliphatic heterocycles. The number of carbonyl (C=O) groups is 1. The second-order valence-electron chi connectivity index (χ2n) is 4.75. The summed E-state index contributed by atoms with van der Waals surface area (Å²) in [5.41, 5.74) is 0.169. The fraction of sp³-hybridized carbons (Fsp3) is 0.188. The van der Waals surface area contributed by atoms with Crippen LogP contribution in [0.3, 0.4) is 0 Å². The molecule has 0 aromatic heterocycles. The summed E-state index contributed by atoms with van der Waals surface area (Å²) in [7, 11) is -4.66. The number of benzene rings is 2. The van der Waals surface area contributed by atoms with Gasteiger partial charge >= 0.3 is 5.76 Å². The number of ether oxygens (including phenoxy) is 1. The second kappa shape index (κ2) is 7.87. The number of carbonyl (C=O) groups excluding carboxylic acids is 1. The van der Waals surface area contributed by atoms with Gasteiger partial charge in [-0.1, -0.05) is 18.2 Å². The summed E-state index contributed by atoms with van der Waals surface area (Å²) in [6.07, 6.45) is 0. The number of alkyl halides is 2. The number of nitrogens with one attached hydrogen (secondary N) is 1. The summed E-state index contributed by atoms with van der Waals surface area (Å²) in [6, 6.07) is 13.4. The van der Waals surface area contributed by atoms with Crippen molar-refractivity contribution in [2.24, 2.45) is 0 Å². The molecule has 0 heterocycles. The van der Waals surface area contributed by atoms with Gasteiger partial charge < -0.3 is 10.1 Å². The van der Waals surface area contributed by atoms with Gasteiger partial charge in [0.15, 0.2) is 0 Å². The average Bonchev–Trinajstić information content (AvgIpc) is 2.59. The molecule has 0 saturated carbocycles. The van der Waals surface area contributed by atoms with Crippen molar-refractivity contribution in [2.75, 3.05) is 13.2 Å². The Morgan fingerprint density at radius 1 is 1.04 bits per heavy atom. The highest BCUT2D eigenvalue weighted by molar-refractivity contribution is 7.91. The maximum Gasteiger partial charge on any atom is 0.341 e. The molecule has 1 N–H and O–H groups in total. The van der Waals surface area contributed by atoms with Crippen molar-refractivity contribution in [1.82, 2.24) is 5.32 Å². The highest BCUT2D eigenvalue weighted by Crippen LogP contribution is 2.18. The maximum atomic E-state index is 12.4. The van der Waals surface area contributed by atoms with Crippen LogP contribution in [0.15, 0.2) is 59.5 Å². The van der Waals surface area contributed by atoms with Crippen LogP contribution >= 0.6 is 0 Å². The predicted molar refractivity (Wildman–Crippen MR) is 83.9 cm³/mol. The van der Waals surface area contributed by atoms with Gasteiger partial charge in [-0.3, -0.25) is 4.79 Å². The summed E-state index contributed by atoms with van der Waals surface area (Å²) in [5, 5.41) is 2.59. The summed E-state index contributed by atoms with van der Waals surface area (Å²) < 4.78 is 52.8. The number of rotatable bonds is 7. The molecule has 24 heavy (non-hydrogen) atoms. The Bertz CT molecular complexity index is 777. The quantitative estimate of drug-likeness (QED) is 0.775. The molecular weight excluding hydrogens is 340 g/mol. The Hall–Kier alpha value is -2.48. The fourth-order valence-corrected chi connectivity index (χ4v) is 2.57. The van der Waals surface area contributed by atoms with E-state index in [-0.39, 0.29) is 18.7 Å². The molecule has 0 fully saturated rings. The monoisotopic (exact) mass is 355 g/mol. The summed E-state index contributed by atoms with van der Waals surface area (Å²) >= 11 is 0. The van der Waals surface area contributed by atoms with Crippen molar-refractivity contribution in [3.05, 3.63) is 60.2 Å². The van der Waals surface area contributed by atoms with Gasteiger partial charge in [0.1, 0.15) is 12.4 Å². The molecule has 0 unspecified atom stereocenters. The minimum atomic E-state index is -4.66. The van der Waals surface area contributed by atoms with Crippen LogP contribution < -0.4 is 10.1 Å². The first-order valence-electron chi connectivity index (χ1n) is 6.99. The van der Waals surface area contributed by atoms with Crippen LogP contribution in [-0.4, -0.2) is 33.2 Å². The van der Waals surface area contributed by atoms with Crippen molar-refractivity contribution in [3.63, 3.8) is 0 Å². The van der Waals surface area contributed by atoms with E-state index in [0.29, 0.717) is 5.75 Å². The lowest BCUT2D eigenvalue weighted by Gasteiger charge is -2.08. The molecule has 0 spiro atoms. The smallest absolute Gasteiger partial charge is 0.341 e. The van der Waals surface area contributed by atoms with E-state index < -0.39 is 26.4 Å². The van der Waals surface area contributed by atoms with E-state index >= 15 is 0 Å². The molecule has 0 saturated heterocycles. The van der Waals surface area contributed by atoms with E-state index in [1.807, 2.05) is 18.2 Å². The first-order valence-corrected chi connectivity index (χ1v) is 8.54. The van der Waals surface area contributed by atoms with Gasteiger partial charge in [0.25, 0.3) is 5.91 Å². The van der Waals surface area contributed by atoms with Crippen LogP contribution in [0.5, 0.6) is 5.75 Å². The van der Waals surface area contributed by atoms with Crippen LogP contribution in [0.25, 0.3) is 0 Å². The molecule has 8 heteroatoms. The van der Waals surface area contributed by atoms with E-state index in [9.17, 15) is 22.0 Å². The Morgan fingerprint density at radius 2 is 1.67 bits per heavy atom. The van der Waals surface area contributed by atoms with Crippen LogP contribution in [0.1, 0.15) is 10.4 Å². The summed E-state index contributed by atoms with van der Waals surface area (Å²) in [5.74, 6) is -3.27. The van der Waals surface area contributed by atoms with Gasteiger partial charge in [0, 0.05) is 5.56 Å². The first kappa shape index (κ1) is 17.9. The second-order valence-corrected chi connectivity index (χ2v) is 6.67. The van der Waals surface area contributed by atoms with Crippen molar-refractivity contribution >= 4 is 15.7 Å². The first-order chi connectivity index (χ1) is 11.4. The molecule has 0 radical (unpaired) electrons. The van der Waals surface area contributed by atoms with Gasteiger partial charge in [-0.05, 0) is 36.4 Å². The number of halogens is 2. The highest BCUT2D eigenvalue weighted by atomic mass is 32.2. The molecule has 1 amide bonds. The van der Waals surface area contributed by atoms with E-state index in [0.717, 1.165) is 12.1 Å². The SMILES string of the molecule is O=C(NCCOc1ccccc1)c1ccc(S(=O)(=O)C(F)F)cc1. The Labute approximate surface area is 138 Å². The molecule has 2 rings (SSSR count). The molecule has 2 aromatic rings. The van der Waals surface area contributed by atoms with Crippen LogP contribution in [0.2, 0.25) is 0 Å². The molecule has 128 valence electrons. The lowest BCUT2D eigenvalue weighted by atomic mass is 10.2. The largest absolute Gasteiger partial charge is 0.492 e. The molecule has 0 aliphatic rings. The van der Waals surface area contributed by atoms with Crippen LogP contribution in [0, 0.1) is 0 Å². The van der Waals surface area contributed by atoms with Gasteiger partial charge in [-0.15, -0.1) is 0 Å². The average molecular weight is 355 g/mol. The summed E-state index contributed by atoms with van der Waals surface area (Å²) in [6.45, 7) is 0.498. The van der Waals surface area contributed by atoms with Gasteiger partial charge in [-0.2, -0.15) is 8.78 Å². The Kier molecular flexibility index (Phi) is 5.86. The lowest BCUT2D eigenvalue weighted by Crippen LogP contribution is -2.28. The normalized spacial score (nSPS) is 11.3. The predicted octanol–water partition coefficient (Wildman–Crippen LogP) is 2.49. The van der Waals surface area contributed by atoms with E-state index in [2.05, 4.69) is 5.32 Å². The minimum absolute atomic E-state index is 0.169. The molecule has 0 aliphatic carbocycles. The Morgan fingerprint density at radius 3 is 2.25 bits per heavy atom. The lowest BCUT2D eigenvalue weighted by molar-refractivity contribution is 0.0947. The van der Waals surface area contributed by atoms with Gasteiger partial charge in [0.2, 0.25) is 9.84 Å². The third-order valence-corrected chi connectivity index (χ3v) is 4.48. The Balaban J connectivity index is 1.87. The zero-order chi connectivity index (χ0) is 17.6. The molecule has 5 nitrogen and oxygen atoms in total. The zero-order valence-corrected chi connectivity index (χ0v) is 13.3. The summed E-state index contributed by atoms with van der Waals surface area (Å²) in [4.78, 5) is 11.4. The standard InChI is InChI=1S/C16H15F2NO4S/c17-16(18)24(21,22)14-8-6-12(7-9-14)15(20)19-10-11-23-13-4-2-1-3-5-13/h1-9,16H,10-11H2,(H,19,20). The maximum absolute atomic E-state index is 12.4. The third-order valence-electron chi connectivity index (χ3n) is 3.08. The minimum Gasteiger partial charge on any atom is -0.492 e. The molecule has 2 aromatic carbocycles. The highest BCUT2D eigenvalue weighted by Gasteiger charge is 2.26. The van der Waals surface area contributed by atoms with Crippen molar-refractivity contribution in [1.29, 1.82) is 0 Å². The van der Waals surface area contributed by atoms with E-state index in [1.54, 1.807) is 12.1 Å². The third kappa shape index (κ3) is 4.51. The number of hydrogen-bond donors (Lipinski definition) is 1. The fourth-order valence-electron chi connectivity index (χ4n) is 1.85. The van der Waals surface area contributed by atoms with E-state index in [1.165, 1.54) is 12.1 Å². The number of para-hydroxylation sites is 1. The topological polar surface area (TPSA) is 72.5 Å². The van der Waals surface area contributed by atoms with Gasteiger partial charge in [-0.25, -0.2) is 8.42 Å². The molecule has 0 atom stereocenters. The molecule has 0 bridgehead atoms. The van der Waals surface area contributed by atoms with Crippen molar-refractivity contribution < 1.29 is 26.7 Å². The number of sulfone groups is 1. The van der Waals surface area contributed by atoms with E-state index in [4.69, 9.17) is 4.74 Å². The van der Waals surface area contributed by atoms with Crippen LogP contribution in [-0.2, 0) is 9.84 Å². The zero-order valence-electron chi connectivity index (χ0n) is 12.5. The number of hydrogen-bond acceptors (Lipinski definition) is 4. The molecular formula is C16H15F2NO4S. The van der Waals surface area contributed by atoms with Crippen LogP contribution in [0.4, 0.5) is 8.78 Å². The van der Waals surface area contributed by atoms with Crippen molar-refractivity contribution in [3.8, 4) is 5.75 Å². The number of amides is 1. The van der Waals surface area contributed by atoms with Gasteiger partial charge in [0.05, 0.1) is 11.4 Å². The van der Waals surface area contributed by atoms with Crippen molar-refractivity contribution in [2.45, 2.75) is 10.7 Å².